The molecule has 40 heavy (non-hydrogen) atoms. The van der Waals surface area contributed by atoms with Crippen molar-refractivity contribution in [1.29, 1.82) is 0 Å². The molecule has 2 aromatic carbocycles. The number of ether oxygens (including phenoxy) is 4. The summed E-state index contributed by atoms with van der Waals surface area (Å²) in [6.45, 7) is 3.44. The Bertz CT molecular complexity index is 1260. The molecule has 0 radical (unpaired) electrons. The summed E-state index contributed by atoms with van der Waals surface area (Å²) in [7, 11) is 1.37. The van der Waals surface area contributed by atoms with Crippen LogP contribution in [0.15, 0.2) is 66.7 Å². The van der Waals surface area contributed by atoms with Crippen molar-refractivity contribution in [2.75, 3.05) is 7.11 Å². The first-order valence-electron chi connectivity index (χ1n) is 12.4. The molecule has 4 N–H and O–H groups in total. The summed E-state index contributed by atoms with van der Waals surface area (Å²) in [6.07, 6.45) is -11.6. The highest BCUT2D eigenvalue weighted by atomic mass is 16.7. The minimum Gasteiger partial charge on any atom is -0.479 e. The molecule has 0 aliphatic carbocycles. The number of aliphatic hydroxyl groups excluding tert-OH is 3. The van der Waals surface area contributed by atoms with Crippen molar-refractivity contribution in [2.45, 2.75) is 56.3 Å². The maximum absolute atomic E-state index is 14.0. The molecule has 12 heteroatoms. The molecular weight excluding hydrogens is 524 g/mol. The van der Waals surface area contributed by atoms with E-state index in [-0.39, 0.29) is 6.01 Å². The number of benzene rings is 2. The van der Waals surface area contributed by atoms with Crippen molar-refractivity contribution < 1.29 is 49.0 Å². The molecule has 0 bridgehead atoms. The number of aromatic nitrogens is 2. The highest BCUT2D eigenvalue weighted by Gasteiger charge is 2.53. The van der Waals surface area contributed by atoms with Gasteiger partial charge in [-0.3, -0.25) is 0 Å². The maximum Gasteiger partial charge on any atom is 0.353 e. The second kappa shape index (κ2) is 12.1. The Hall–Kier alpha value is -3.94. The van der Waals surface area contributed by atoms with Crippen LogP contribution in [-0.2, 0) is 29.4 Å². The van der Waals surface area contributed by atoms with Crippen LogP contribution in [0.25, 0.3) is 0 Å². The third-order valence-corrected chi connectivity index (χ3v) is 6.54. The molecule has 0 spiro atoms. The largest absolute Gasteiger partial charge is 0.479 e. The second-order valence-electron chi connectivity index (χ2n) is 9.27. The van der Waals surface area contributed by atoms with Gasteiger partial charge in [0.1, 0.15) is 18.3 Å². The lowest BCUT2D eigenvalue weighted by Gasteiger charge is -2.41. The molecule has 0 saturated carbocycles. The number of rotatable bonds is 9. The zero-order valence-corrected chi connectivity index (χ0v) is 21.9. The van der Waals surface area contributed by atoms with E-state index < -0.39 is 54.3 Å². The van der Waals surface area contributed by atoms with Gasteiger partial charge in [0.2, 0.25) is 12.4 Å². The predicted octanol–water partition coefficient (Wildman–Crippen LogP) is 0.866. The number of carboxylic acid groups (broad SMARTS) is 1. The first-order valence-corrected chi connectivity index (χ1v) is 12.4. The van der Waals surface area contributed by atoms with Crippen LogP contribution in [-0.4, -0.2) is 86.3 Å². The van der Waals surface area contributed by atoms with E-state index in [1.165, 1.54) is 7.11 Å². The van der Waals surface area contributed by atoms with Gasteiger partial charge in [-0.25, -0.2) is 19.6 Å². The fourth-order valence-corrected chi connectivity index (χ4v) is 4.66. The predicted molar refractivity (Wildman–Crippen MR) is 137 cm³/mol. The topological polar surface area (TPSA) is 178 Å². The molecule has 0 unspecified atom stereocenters. The fourth-order valence-electron chi connectivity index (χ4n) is 4.66. The van der Waals surface area contributed by atoms with Gasteiger partial charge in [0.25, 0.3) is 0 Å². The van der Waals surface area contributed by atoms with E-state index >= 15 is 0 Å². The van der Waals surface area contributed by atoms with Crippen molar-refractivity contribution >= 4 is 11.9 Å². The van der Waals surface area contributed by atoms with Crippen LogP contribution in [0.3, 0.4) is 0 Å². The van der Waals surface area contributed by atoms with Gasteiger partial charge in [-0.15, -0.1) is 0 Å². The normalized spacial score (nSPS) is 23.7. The Balaban J connectivity index is 1.83. The Kier molecular flexibility index (Phi) is 8.76. The molecule has 2 heterocycles. The highest BCUT2D eigenvalue weighted by molar-refractivity contribution is 5.79. The van der Waals surface area contributed by atoms with Gasteiger partial charge in [0, 0.05) is 18.5 Å². The molecular formula is C28H30N2O10. The molecule has 1 aromatic heterocycles. The third-order valence-electron chi connectivity index (χ3n) is 6.54. The Morgan fingerprint density at radius 2 is 1.40 bits per heavy atom. The van der Waals surface area contributed by atoms with Crippen LogP contribution in [0, 0.1) is 13.8 Å². The summed E-state index contributed by atoms with van der Waals surface area (Å²) in [4.78, 5) is 34.1. The number of carbonyl (C=O) groups is 2. The van der Waals surface area contributed by atoms with Gasteiger partial charge in [0.05, 0.1) is 0 Å². The Morgan fingerprint density at radius 1 is 0.875 bits per heavy atom. The number of methoxy groups -OCH3 is 1. The average Bonchev–Trinajstić information content (AvgIpc) is 2.94. The van der Waals surface area contributed by atoms with Gasteiger partial charge in [-0.2, -0.15) is 0 Å². The van der Waals surface area contributed by atoms with E-state index in [0.29, 0.717) is 22.5 Å². The molecule has 3 aromatic rings. The quantitative estimate of drug-likeness (QED) is 0.275. The van der Waals surface area contributed by atoms with Gasteiger partial charge in [-0.1, -0.05) is 60.7 Å². The van der Waals surface area contributed by atoms with Gasteiger partial charge < -0.3 is 39.4 Å². The first-order chi connectivity index (χ1) is 19.1. The highest BCUT2D eigenvalue weighted by Crippen LogP contribution is 2.39. The van der Waals surface area contributed by atoms with E-state index in [4.69, 9.17) is 18.9 Å². The molecule has 6 atom stereocenters. The standard InChI is InChI=1S/C28H30N2O10/c1-15-14-16(2)30-27(29-15)39-23(25(36)40-26-21(33)19(31)20(32)22(38-26)24(34)35)28(37-3,17-10-6-4-7-11-17)18-12-8-5-9-13-18/h4-14,19-23,26,31-33H,1-3H3,(H,34,35)/t19-,20-,21+,22-,23+,26-/m0/s1. The lowest BCUT2D eigenvalue weighted by molar-refractivity contribution is -0.289. The minimum atomic E-state index is -1.98. The number of aliphatic hydroxyl groups is 3. The maximum atomic E-state index is 14.0. The minimum absolute atomic E-state index is 0.170. The van der Waals surface area contributed by atoms with Crippen molar-refractivity contribution in [3.8, 4) is 6.01 Å². The summed E-state index contributed by atoms with van der Waals surface area (Å²) >= 11 is 0. The van der Waals surface area contributed by atoms with E-state index in [1.54, 1.807) is 80.6 Å². The van der Waals surface area contributed by atoms with Gasteiger partial charge in [0.15, 0.2) is 11.7 Å². The number of hydrogen-bond acceptors (Lipinski definition) is 11. The Morgan fingerprint density at radius 3 is 1.88 bits per heavy atom. The first kappa shape index (κ1) is 29.1. The summed E-state index contributed by atoms with van der Waals surface area (Å²) in [6, 6.07) is 18.9. The third kappa shape index (κ3) is 5.67. The van der Waals surface area contributed by atoms with Gasteiger partial charge in [-0.05, 0) is 31.0 Å². The lowest BCUT2D eigenvalue weighted by atomic mass is 9.81. The van der Waals surface area contributed by atoms with Gasteiger partial charge >= 0.3 is 17.9 Å². The summed E-state index contributed by atoms with van der Waals surface area (Å²) in [5.41, 5.74) is 0.414. The number of nitrogens with zero attached hydrogens (tertiary/aromatic N) is 2. The van der Waals surface area contributed by atoms with Crippen LogP contribution in [0.2, 0.25) is 0 Å². The molecule has 0 amide bonds. The Labute approximate surface area is 229 Å². The number of aliphatic carboxylic acids is 1. The molecule has 1 saturated heterocycles. The van der Waals surface area contributed by atoms with E-state index in [0.717, 1.165) is 0 Å². The number of hydrogen-bond donors (Lipinski definition) is 4. The second-order valence-corrected chi connectivity index (χ2v) is 9.27. The fraction of sp³-hybridized carbons (Fsp3) is 0.357. The molecule has 1 aliphatic rings. The van der Waals surface area contributed by atoms with Crippen LogP contribution < -0.4 is 4.74 Å². The summed E-state index contributed by atoms with van der Waals surface area (Å²) in [5, 5.41) is 40.2. The molecule has 1 fully saturated rings. The van der Waals surface area contributed by atoms with E-state index in [2.05, 4.69) is 9.97 Å². The van der Waals surface area contributed by atoms with Crippen molar-refractivity contribution in [1.82, 2.24) is 9.97 Å². The van der Waals surface area contributed by atoms with Crippen LogP contribution in [0.5, 0.6) is 6.01 Å². The molecule has 4 rings (SSSR count). The number of carboxylic acids is 1. The molecule has 1 aliphatic heterocycles. The molecule has 212 valence electrons. The van der Waals surface area contributed by atoms with Crippen molar-refractivity contribution in [2.24, 2.45) is 0 Å². The lowest BCUT2D eigenvalue weighted by Crippen LogP contribution is -2.61. The zero-order valence-electron chi connectivity index (χ0n) is 21.9. The van der Waals surface area contributed by atoms with Crippen LogP contribution in [0.1, 0.15) is 22.5 Å². The number of aryl methyl sites for hydroxylation is 2. The number of carbonyl (C=O) groups excluding carboxylic acids is 1. The van der Waals surface area contributed by atoms with Crippen molar-refractivity contribution in [3.63, 3.8) is 0 Å². The van der Waals surface area contributed by atoms with Crippen LogP contribution in [0.4, 0.5) is 0 Å². The average molecular weight is 555 g/mol. The van der Waals surface area contributed by atoms with E-state index in [1.807, 2.05) is 0 Å². The monoisotopic (exact) mass is 554 g/mol. The molecule has 12 nitrogen and oxygen atoms in total. The van der Waals surface area contributed by atoms with E-state index in [9.17, 15) is 30.0 Å². The smallest absolute Gasteiger partial charge is 0.353 e. The zero-order chi connectivity index (χ0) is 29.0. The summed E-state index contributed by atoms with van der Waals surface area (Å²) in [5.74, 6) is -2.79. The van der Waals surface area contributed by atoms with Crippen LogP contribution >= 0.6 is 0 Å². The number of esters is 1. The van der Waals surface area contributed by atoms with Crippen molar-refractivity contribution in [3.05, 3.63) is 89.2 Å². The SMILES string of the molecule is COC(c1ccccc1)(c1ccccc1)[C@H](Oc1nc(C)cc(C)n1)C(=O)O[C@@H]1O[C@H](C(=O)O)[C@@H](O)[C@H](O)[C@H]1O. The summed E-state index contributed by atoms with van der Waals surface area (Å²) < 4.78 is 22.8.